The van der Waals surface area contributed by atoms with Gasteiger partial charge < -0.3 is 4.74 Å². The van der Waals surface area contributed by atoms with Gasteiger partial charge in [0.15, 0.2) is 0 Å². The van der Waals surface area contributed by atoms with Crippen molar-refractivity contribution in [3.63, 3.8) is 0 Å². The SMILES string of the molecule is O=C1CCC(c2cccc(Br)c2)O1. The molecule has 1 aromatic rings. The molecular formula is C10H9BrO2. The molecule has 1 unspecified atom stereocenters. The summed E-state index contributed by atoms with van der Waals surface area (Å²) in [6, 6.07) is 7.88. The molecule has 0 radical (unpaired) electrons. The van der Waals surface area contributed by atoms with Crippen LogP contribution in [0.25, 0.3) is 0 Å². The number of ether oxygens (including phenoxy) is 1. The Labute approximate surface area is 85.0 Å². The Kier molecular flexibility index (Phi) is 2.36. The smallest absolute Gasteiger partial charge is 0.306 e. The number of halogens is 1. The maximum atomic E-state index is 10.9. The van der Waals surface area contributed by atoms with E-state index >= 15 is 0 Å². The Hall–Kier alpha value is -0.830. The van der Waals surface area contributed by atoms with Crippen molar-refractivity contribution in [2.45, 2.75) is 18.9 Å². The summed E-state index contributed by atoms with van der Waals surface area (Å²) in [6.45, 7) is 0. The lowest BCUT2D eigenvalue weighted by Crippen LogP contribution is -1.97. The summed E-state index contributed by atoms with van der Waals surface area (Å²) in [5.41, 5.74) is 1.07. The van der Waals surface area contributed by atoms with Gasteiger partial charge in [-0.05, 0) is 24.1 Å². The number of cyclic esters (lactones) is 1. The zero-order valence-corrected chi connectivity index (χ0v) is 8.58. The van der Waals surface area contributed by atoms with Crippen LogP contribution in [0.4, 0.5) is 0 Å². The van der Waals surface area contributed by atoms with E-state index in [2.05, 4.69) is 15.9 Å². The zero-order chi connectivity index (χ0) is 9.26. The summed E-state index contributed by atoms with van der Waals surface area (Å²) in [5, 5.41) is 0. The summed E-state index contributed by atoms with van der Waals surface area (Å²) in [4.78, 5) is 10.9. The zero-order valence-electron chi connectivity index (χ0n) is 7.00. The summed E-state index contributed by atoms with van der Waals surface area (Å²) in [5.74, 6) is -0.0926. The molecule has 13 heavy (non-hydrogen) atoms. The molecule has 3 heteroatoms. The molecule has 2 nitrogen and oxygen atoms in total. The average molecular weight is 241 g/mol. The van der Waals surface area contributed by atoms with Gasteiger partial charge in [0.25, 0.3) is 0 Å². The molecule has 1 aromatic carbocycles. The standard InChI is InChI=1S/C10H9BrO2/c11-8-3-1-2-7(6-8)9-4-5-10(12)13-9/h1-3,6,9H,4-5H2. The van der Waals surface area contributed by atoms with E-state index in [9.17, 15) is 4.79 Å². The number of hydrogen-bond donors (Lipinski definition) is 0. The minimum atomic E-state index is -0.0926. The lowest BCUT2D eigenvalue weighted by atomic mass is 10.1. The van der Waals surface area contributed by atoms with Crippen LogP contribution in [-0.2, 0) is 9.53 Å². The third-order valence-corrected chi connectivity index (χ3v) is 2.60. The Morgan fingerprint density at radius 2 is 2.31 bits per heavy atom. The summed E-state index contributed by atoms with van der Waals surface area (Å²) >= 11 is 3.38. The van der Waals surface area contributed by atoms with Gasteiger partial charge >= 0.3 is 5.97 Å². The second-order valence-electron chi connectivity index (χ2n) is 3.07. The Morgan fingerprint density at radius 1 is 1.46 bits per heavy atom. The Morgan fingerprint density at radius 3 is 2.92 bits per heavy atom. The summed E-state index contributed by atoms with van der Waals surface area (Å²) in [6.07, 6.45) is 1.30. The van der Waals surface area contributed by atoms with Crippen molar-refractivity contribution in [1.82, 2.24) is 0 Å². The van der Waals surface area contributed by atoms with Crippen molar-refractivity contribution in [3.05, 3.63) is 34.3 Å². The first-order valence-electron chi connectivity index (χ1n) is 4.20. The fourth-order valence-corrected chi connectivity index (χ4v) is 1.88. The van der Waals surface area contributed by atoms with Crippen molar-refractivity contribution in [3.8, 4) is 0 Å². The third-order valence-electron chi connectivity index (χ3n) is 2.10. The van der Waals surface area contributed by atoms with Gasteiger partial charge in [0.1, 0.15) is 6.10 Å². The first-order chi connectivity index (χ1) is 6.25. The lowest BCUT2D eigenvalue weighted by Gasteiger charge is -2.08. The molecule has 1 heterocycles. The minimum Gasteiger partial charge on any atom is -0.457 e. The molecule has 68 valence electrons. The molecular weight excluding hydrogens is 232 g/mol. The molecule has 0 saturated carbocycles. The quantitative estimate of drug-likeness (QED) is 0.706. The molecule has 0 aromatic heterocycles. The van der Waals surface area contributed by atoms with Crippen LogP contribution in [-0.4, -0.2) is 5.97 Å². The number of rotatable bonds is 1. The van der Waals surface area contributed by atoms with Crippen LogP contribution in [0.5, 0.6) is 0 Å². The van der Waals surface area contributed by atoms with Gasteiger partial charge in [-0.2, -0.15) is 0 Å². The largest absolute Gasteiger partial charge is 0.457 e. The van der Waals surface area contributed by atoms with Crippen molar-refractivity contribution in [1.29, 1.82) is 0 Å². The highest BCUT2D eigenvalue weighted by Crippen LogP contribution is 2.30. The van der Waals surface area contributed by atoms with E-state index in [0.29, 0.717) is 6.42 Å². The molecule has 1 aliphatic heterocycles. The Balaban J connectivity index is 2.21. The second kappa shape index (κ2) is 3.50. The van der Waals surface area contributed by atoms with Crippen LogP contribution in [0.1, 0.15) is 24.5 Å². The van der Waals surface area contributed by atoms with Crippen LogP contribution >= 0.6 is 15.9 Å². The number of carbonyl (C=O) groups excluding carboxylic acids is 1. The van der Waals surface area contributed by atoms with Gasteiger partial charge in [0.2, 0.25) is 0 Å². The molecule has 1 saturated heterocycles. The van der Waals surface area contributed by atoms with Gasteiger partial charge in [-0.15, -0.1) is 0 Å². The molecule has 1 atom stereocenters. The molecule has 0 amide bonds. The number of esters is 1. The topological polar surface area (TPSA) is 26.3 Å². The second-order valence-corrected chi connectivity index (χ2v) is 3.99. The fourth-order valence-electron chi connectivity index (χ4n) is 1.47. The van der Waals surface area contributed by atoms with E-state index in [1.54, 1.807) is 0 Å². The molecule has 1 fully saturated rings. The number of carbonyl (C=O) groups is 1. The highest BCUT2D eigenvalue weighted by atomic mass is 79.9. The van der Waals surface area contributed by atoms with Gasteiger partial charge in [-0.1, -0.05) is 28.1 Å². The van der Waals surface area contributed by atoms with E-state index in [1.165, 1.54) is 0 Å². The van der Waals surface area contributed by atoms with Gasteiger partial charge in [0, 0.05) is 10.9 Å². The Bertz CT molecular complexity index is 335. The lowest BCUT2D eigenvalue weighted by molar-refractivity contribution is -0.141. The number of benzene rings is 1. The third kappa shape index (κ3) is 1.91. The van der Waals surface area contributed by atoms with Crippen LogP contribution < -0.4 is 0 Å². The minimum absolute atomic E-state index is 0.0370. The maximum absolute atomic E-state index is 10.9. The fraction of sp³-hybridized carbons (Fsp3) is 0.300. The van der Waals surface area contributed by atoms with Crippen molar-refractivity contribution in [2.75, 3.05) is 0 Å². The van der Waals surface area contributed by atoms with E-state index in [4.69, 9.17) is 4.74 Å². The first-order valence-corrected chi connectivity index (χ1v) is 5.00. The van der Waals surface area contributed by atoms with Crippen molar-refractivity contribution in [2.24, 2.45) is 0 Å². The highest BCUT2D eigenvalue weighted by Gasteiger charge is 2.24. The summed E-state index contributed by atoms with van der Waals surface area (Å²) in [7, 11) is 0. The molecule has 0 spiro atoms. The highest BCUT2D eigenvalue weighted by molar-refractivity contribution is 9.10. The molecule has 2 rings (SSSR count). The average Bonchev–Trinajstić information content (AvgIpc) is 2.52. The van der Waals surface area contributed by atoms with E-state index < -0.39 is 0 Å². The van der Waals surface area contributed by atoms with Crippen LogP contribution in [0.15, 0.2) is 28.7 Å². The van der Waals surface area contributed by atoms with Crippen LogP contribution in [0.3, 0.4) is 0 Å². The monoisotopic (exact) mass is 240 g/mol. The van der Waals surface area contributed by atoms with Gasteiger partial charge in [-0.3, -0.25) is 4.79 Å². The van der Waals surface area contributed by atoms with E-state index in [1.807, 2.05) is 24.3 Å². The first kappa shape index (κ1) is 8.75. The predicted octanol–water partition coefficient (Wildman–Crippen LogP) is 2.83. The van der Waals surface area contributed by atoms with Crippen LogP contribution in [0.2, 0.25) is 0 Å². The normalized spacial score (nSPS) is 21.6. The molecule has 0 N–H and O–H groups in total. The van der Waals surface area contributed by atoms with E-state index in [0.717, 1.165) is 16.5 Å². The maximum Gasteiger partial charge on any atom is 0.306 e. The van der Waals surface area contributed by atoms with Crippen LogP contribution in [0, 0.1) is 0 Å². The van der Waals surface area contributed by atoms with E-state index in [-0.39, 0.29) is 12.1 Å². The number of hydrogen-bond acceptors (Lipinski definition) is 2. The van der Waals surface area contributed by atoms with Gasteiger partial charge in [0.05, 0.1) is 0 Å². The molecule has 0 bridgehead atoms. The van der Waals surface area contributed by atoms with Crippen molar-refractivity contribution < 1.29 is 9.53 Å². The predicted molar refractivity (Wildman–Crippen MR) is 52.2 cm³/mol. The molecule has 1 aliphatic rings. The van der Waals surface area contributed by atoms with Crippen molar-refractivity contribution >= 4 is 21.9 Å². The summed E-state index contributed by atoms with van der Waals surface area (Å²) < 4.78 is 6.16. The molecule has 0 aliphatic carbocycles. The van der Waals surface area contributed by atoms with Gasteiger partial charge in [-0.25, -0.2) is 0 Å².